The van der Waals surface area contributed by atoms with Gasteiger partial charge in [-0.1, -0.05) is 54.1 Å². The third-order valence-electron chi connectivity index (χ3n) is 3.27. The van der Waals surface area contributed by atoms with Crippen LogP contribution in [0.2, 0.25) is 5.02 Å². The average Bonchev–Trinajstić information content (AvgIpc) is 2.45. The zero-order valence-corrected chi connectivity index (χ0v) is 12.5. The van der Waals surface area contributed by atoms with Crippen molar-refractivity contribution in [3.05, 3.63) is 70.7 Å². The summed E-state index contributed by atoms with van der Waals surface area (Å²) in [6, 6.07) is 17.7. The fourth-order valence-corrected chi connectivity index (χ4v) is 2.41. The Morgan fingerprint density at radius 1 is 0.950 bits per heavy atom. The van der Waals surface area contributed by atoms with Gasteiger partial charge in [0.2, 0.25) is 0 Å². The first-order valence-corrected chi connectivity index (χ1v) is 7.17. The molecule has 0 heterocycles. The summed E-state index contributed by atoms with van der Waals surface area (Å²) in [5.74, 6) is 0. The van der Waals surface area contributed by atoms with Crippen molar-refractivity contribution in [3.8, 4) is 0 Å². The Bertz CT molecular complexity index is 542. The van der Waals surface area contributed by atoms with Crippen molar-refractivity contribution < 1.29 is 4.74 Å². The molecule has 3 atom stereocenters. The largest absolute Gasteiger partial charge is 0.364 e. The van der Waals surface area contributed by atoms with E-state index in [-0.39, 0.29) is 18.2 Å². The summed E-state index contributed by atoms with van der Waals surface area (Å²) in [5.41, 5.74) is 8.23. The maximum Gasteiger partial charge on any atom is 0.0981 e. The molecule has 0 radical (unpaired) electrons. The van der Waals surface area contributed by atoms with Gasteiger partial charge in [-0.05, 0) is 37.1 Å². The normalized spacial score (nSPS) is 15.6. The first kappa shape index (κ1) is 15.0. The van der Waals surface area contributed by atoms with Gasteiger partial charge in [0.05, 0.1) is 12.2 Å². The lowest BCUT2D eigenvalue weighted by molar-refractivity contribution is -0.0162. The second-order valence-electron chi connectivity index (χ2n) is 5.02. The molecule has 2 aromatic rings. The van der Waals surface area contributed by atoms with Crippen LogP contribution in [0.1, 0.15) is 37.2 Å². The van der Waals surface area contributed by atoms with Crippen LogP contribution >= 0.6 is 11.6 Å². The summed E-state index contributed by atoms with van der Waals surface area (Å²) >= 11 is 6.05. The molecule has 2 rings (SSSR count). The van der Waals surface area contributed by atoms with Gasteiger partial charge in [0.15, 0.2) is 0 Å². The van der Waals surface area contributed by atoms with Crippen molar-refractivity contribution in [2.45, 2.75) is 32.1 Å². The van der Waals surface area contributed by atoms with Gasteiger partial charge in [-0.3, -0.25) is 0 Å². The van der Waals surface area contributed by atoms with Crippen LogP contribution in [0.15, 0.2) is 54.6 Å². The topological polar surface area (TPSA) is 35.2 Å². The second kappa shape index (κ2) is 6.89. The fraction of sp³-hybridized carbons (Fsp3) is 0.294. The summed E-state index contributed by atoms with van der Waals surface area (Å²) in [6.07, 6.45) is -0.199. The van der Waals surface area contributed by atoms with Gasteiger partial charge in [-0.25, -0.2) is 0 Å². The quantitative estimate of drug-likeness (QED) is 0.879. The van der Waals surface area contributed by atoms with E-state index in [0.717, 1.165) is 11.1 Å². The van der Waals surface area contributed by atoms with E-state index in [2.05, 4.69) is 12.1 Å². The molecule has 20 heavy (non-hydrogen) atoms. The molecule has 0 fully saturated rings. The lowest BCUT2D eigenvalue weighted by Crippen LogP contribution is -2.27. The van der Waals surface area contributed by atoms with E-state index in [1.807, 2.05) is 56.3 Å². The van der Waals surface area contributed by atoms with Crippen LogP contribution in [0.5, 0.6) is 0 Å². The Morgan fingerprint density at radius 3 is 2.20 bits per heavy atom. The zero-order chi connectivity index (χ0) is 14.5. The number of hydrogen-bond donors (Lipinski definition) is 1. The summed E-state index contributed by atoms with van der Waals surface area (Å²) < 4.78 is 6.16. The smallest absolute Gasteiger partial charge is 0.0981 e. The van der Waals surface area contributed by atoms with Gasteiger partial charge >= 0.3 is 0 Å². The Kier molecular flexibility index (Phi) is 5.18. The molecule has 0 bridgehead atoms. The van der Waals surface area contributed by atoms with E-state index in [0.29, 0.717) is 5.02 Å². The molecule has 106 valence electrons. The number of rotatable bonds is 5. The van der Waals surface area contributed by atoms with E-state index >= 15 is 0 Å². The SMILES string of the molecule is CC(OC(c1cccc(Cl)c1)C(C)N)c1ccccc1. The Labute approximate surface area is 125 Å². The van der Waals surface area contributed by atoms with E-state index in [9.17, 15) is 0 Å². The Hall–Kier alpha value is -1.35. The predicted octanol–water partition coefficient (Wildman–Crippen LogP) is 4.51. The highest BCUT2D eigenvalue weighted by atomic mass is 35.5. The standard InChI is InChI=1S/C17H20ClNO/c1-12(19)17(15-9-6-10-16(18)11-15)20-13(2)14-7-4-3-5-8-14/h3-13,17H,19H2,1-2H3. The number of ether oxygens (including phenoxy) is 1. The molecule has 0 aromatic heterocycles. The van der Waals surface area contributed by atoms with E-state index < -0.39 is 0 Å². The average molecular weight is 290 g/mol. The van der Waals surface area contributed by atoms with Gasteiger partial charge in [0, 0.05) is 11.1 Å². The lowest BCUT2D eigenvalue weighted by Gasteiger charge is -2.26. The third kappa shape index (κ3) is 3.83. The van der Waals surface area contributed by atoms with Crippen LogP contribution < -0.4 is 5.73 Å². The fourth-order valence-electron chi connectivity index (χ4n) is 2.21. The molecule has 2 N–H and O–H groups in total. The summed E-state index contributed by atoms with van der Waals surface area (Å²) in [7, 11) is 0. The predicted molar refractivity (Wildman–Crippen MR) is 83.8 cm³/mol. The molecular weight excluding hydrogens is 270 g/mol. The highest BCUT2D eigenvalue weighted by Crippen LogP contribution is 2.29. The van der Waals surface area contributed by atoms with Gasteiger partial charge in [-0.2, -0.15) is 0 Å². The minimum absolute atomic E-state index is 0.0221. The summed E-state index contributed by atoms with van der Waals surface area (Å²) in [6.45, 7) is 3.98. The van der Waals surface area contributed by atoms with Crippen LogP contribution in [-0.2, 0) is 4.74 Å². The number of benzene rings is 2. The molecule has 3 heteroatoms. The van der Waals surface area contributed by atoms with Crippen molar-refractivity contribution in [2.24, 2.45) is 5.73 Å². The van der Waals surface area contributed by atoms with Crippen LogP contribution in [-0.4, -0.2) is 6.04 Å². The molecule has 0 saturated heterocycles. The van der Waals surface area contributed by atoms with Crippen molar-refractivity contribution in [2.75, 3.05) is 0 Å². The molecule has 0 aliphatic heterocycles. The van der Waals surface area contributed by atoms with Crippen molar-refractivity contribution in [1.29, 1.82) is 0 Å². The van der Waals surface area contributed by atoms with Gasteiger partial charge in [0.1, 0.15) is 0 Å². The number of halogens is 1. The molecule has 0 amide bonds. The van der Waals surface area contributed by atoms with Gasteiger partial charge in [0.25, 0.3) is 0 Å². The van der Waals surface area contributed by atoms with Crippen molar-refractivity contribution in [1.82, 2.24) is 0 Å². The highest BCUT2D eigenvalue weighted by Gasteiger charge is 2.20. The molecule has 2 aromatic carbocycles. The van der Waals surface area contributed by atoms with Crippen LogP contribution in [0.3, 0.4) is 0 Å². The molecular formula is C17H20ClNO. The third-order valence-corrected chi connectivity index (χ3v) is 3.51. The highest BCUT2D eigenvalue weighted by molar-refractivity contribution is 6.30. The minimum Gasteiger partial charge on any atom is -0.364 e. The zero-order valence-electron chi connectivity index (χ0n) is 11.8. The monoisotopic (exact) mass is 289 g/mol. The van der Waals surface area contributed by atoms with Crippen LogP contribution in [0.4, 0.5) is 0 Å². The first-order chi connectivity index (χ1) is 9.58. The summed E-state index contributed by atoms with van der Waals surface area (Å²) in [4.78, 5) is 0. The van der Waals surface area contributed by atoms with E-state index in [4.69, 9.17) is 22.1 Å². The second-order valence-corrected chi connectivity index (χ2v) is 5.46. The van der Waals surface area contributed by atoms with E-state index in [1.54, 1.807) is 0 Å². The maximum atomic E-state index is 6.16. The summed E-state index contributed by atoms with van der Waals surface area (Å²) in [5, 5.41) is 0.698. The number of nitrogens with two attached hydrogens (primary N) is 1. The number of hydrogen-bond acceptors (Lipinski definition) is 2. The lowest BCUT2D eigenvalue weighted by atomic mass is 10.0. The van der Waals surface area contributed by atoms with Crippen molar-refractivity contribution in [3.63, 3.8) is 0 Å². The van der Waals surface area contributed by atoms with Crippen molar-refractivity contribution >= 4 is 11.6 Å². The van der Waals surface area contributed by atoms with Crippen LogP contribution in [0, 0.1) is 0 Å². The molecule has 0 aliphatic rings. The Balaban J connectivity index is 2.18. The van der Waals surface area contributed by atoms with Gasteiger partial charge < -0.3 is 10.5 Å². The van der Waals surface area contributed by atoms with Gasteiger partial charge in [-0.15, -0.1) is 0 Å². The molecule has 2 nitrogen and oxygen atoms in total. The Morgan fingerprint density at radius 2 is 1.60 bits per heavy atom. The molecule has 0 aliphatic carbocycles. The van der Waals surface area contributed by atoms with Crippen LogP contribution in [0.25, 0.3) is 0 Å². The molecule has 3 unspecified atom stereocenters. The molecule has 0 spiro atoms. The molecule has 0 saturated carbocycles. The minimum atomic E-state index is -0.177. The maximum absolute atomic E-state index is 6.16. The van der Waals surface area contributed by atoms with E-state index in [1.165, 1.54) is 0 Å². The first-order valence-electron chi connectivity index (χ1n) is 6.79.